The van der Waals surface area contributed by atoms with Crippen LogP contribution in [-0.2, 0) is 28.6 Å². The Morgan fingerprint density at radius 2 is 0.514 bits per heavy atom. The summed E-state index contributed by atoms with van der Waals surface area (Å²) >= 11 is 0. The lowest BCUT2D eigenvalue weighted by Crippen LogP contribution is -2.42. The third-order valence-corrected chi connectivity index (χ3v) is 22.4. The van der Waals surface area contributed by atoms with Crippen molar-refractivity contribution < 1.29 is 38.8 Å². The first-order valence-electron chi connectivity index (χ1n) is 48.1. The normalized spacial score (nSPS) is 12.5. The van der Waals surface area contributed by atoms with E-state index in [2.05, 4.69) is 54.6 Å². The molecule has 0 aromatic rings. The van der Waals surface area contributed by atoms with Gasteiger partial charge in [-0.1, -0.05) is 413 Å². The van der Waals surface area contributed by atoms with Gasteiger partial charge in [0.15, 0.2) is 0 Å². The van der Waals surface area contributed by atoms with Crippen LogP contribution in [0, 0.1) is 0 Å². The summed E-state index contributed by atoms with van der Waals surface area (Å²) in [5.41, 5.74) is 0. The van der Waals surface area contributed by atoms with Crippen molar-refractivity contribution in [1.29, 1.82) is 0 Å². The smallest absolute Gasteiger partial charge is 0.330 e. The number of aliphatic hydroxyl groups excluding tert-OH is 2. The van der Waals surface area contributed by atoms with Gasteiger partial charge in [0.25, 0.3) is 0 Å². The standard InChI is InChI=1S/C95H188N4O8/c1-6-11-16-21-26-31-36-41-46-51-56-61-68-84-105-93(102)74-71-77-96-87-91(100)88-97(78-64-59-54-49-44-39-34-29-24-19-14-9-4)80-66-67-81-98(79-65-60-55-50-45-40-35-30-25-20-15-10-5)89-92(101)90-99(82-72-75-94(103)106-85-69-62-57-52-47-42-37-32-27-22-17-12-7-2)83-73-76-95(104)107-86-70-63-58-53-48-43-38-33-28-23-18-13-8-3/h72,75,91-92,96,100-101H,6-71,73-74,76-90H2,1-5H3/b75-72+. The molecule has 0 aliphatic rings. The lowest BCUT2D eigenvalue weighted by molar-refractivity contribution is -0.144. The lowest BCUT2D eigenvalue weighted by Gasteiger charge is -2.29. The largest absolute Gasteiger partial charge is 0.466 e. The van der Waals surface area contributed by atoms with E-state index in [-0.39, 0.29) is 17.9 Å². The zero-order valence-electron chi connectivity index (χ0n) is 72.7. The summed E-state index contributed by atoms with van der Waals surface area (Å²) in [6.45, 7) is 20.6. The van der Waals surface area contributed by atoms with Gasteiger partial charge >= 0.3 is 17.9 Å². The maximum absolute atomic E-state index is 13.1. The summed E-state index contributed by atoms with van der Waals surface area (Å²) in [6, 6.07) is 0. The molecule has 0 saturated carbocycles. The number of unbranched alkanes of at least 4 members (excludes halogenated alkanes) is 59. The molecule has 0 radical (unpaired) electrons. The molecule has 0 aliphatic carbocycles. The molecule has 3 N–H and O–H groups in total. The van der Waals surface area contributed by atoms with Gasteiger partial charge < -0.3 is 39.5 Å². The fourth-order valence-electron chi connectivity index (χ4n) is 15.4. The number of hydrogen-bond acceptors (Lipinski definition) is 12. The van der Waals surface area contributed by atoms with Gasteiger partial charge in [-0.2, -0.15) is 0 Å². The first-order valence-corrected chi connectivity index (χ1v) is 48.1. The van der Waals surface area contributed by atoms with Crippen molar-refractivity contribution in [2.45, 2.75) is 490 Å². The molecule has 2 unspecified atom stereocenters. The summed E-state index contributed by atoms with van der Waals surface area (Å²) in [4.78, 5) is 45.9. The summed E-state index contributed by atoms with van der Waals surface area (Å²) in [5, 5.41) is 27.0. The van der Waals surface area contributed by atoms with Crippen molar-refractivity contribution in [2.75, 3.05) is 91.8 Å². The van der Waals surface area contributed by atoms with Gasteiger partial charge in [-0.3, -0.25) is 14.5 Å². The Bertz CT molecular complexity index is 1790. The molecule has 0 rings (SSSR count). The van der Waals surface area contributed by atoms with E-state index in [1.54, 1.807) is 6.08 Å². The molecule has 0 fully saturated rings. The van der Waals surface area contributed by atoms with Gasteiger partial charge in [-0.25, -0.2) is 4.79 Å². The zero-order valence-corrected chi connectivity index (χ0v) is 72.7. The number of ether oxygens (including phenoxy) is 3. The Morgan fingerprint density at radius 1 is 0.280 bits per heavy atom. The zero-order chi connectivity index (χ0) is 77.6. The van der Waals surface area contributed by atoms with E-state index >= 15 is 0 Å². The molecule has 2 atom stereocenters. The highest BCUT2D eigenvalue weighted by molar-refractivity contribution is 5.81. The predicted octanol–water partition coefficient (Wildman–Crippen LogP) is 26.4. The second kappa shape index (κ2) is 89.5. The Morgan fingerprint density at radius 3 is 0.822 bits per heavy atom. The summed E-state index contributed by atoms with van der Waals surface area (Å²) in [6.07, 6.45) is 88.3. The topological polar surface area (TPSA) is 141 Å². The van der Waals surface area contributed by atoms with Crippen molar-refractivity contribution >= 4 is 17.9 Å². The first-order chi connectivity index (χ1) is 52.7. The lowest BCUT2D eigenvalue weighted by atomic mass is 10.0. The van der Waals surface area contributed by atoms with Crippen LogP contribution >= 0.6 is 0 Å². The SMILES string of the molecule is CCCCCCCCCCCCCCCOC(=O)/C=C/CN(CCCC(=O)OCCCCCCCCCCCCCCC)CC(O)CN(CCCCCCCCCCCCCC)CCCCN(CCCCCCCCCCCCCC)CC(O)CNCCCC(=O)OCCCCCCCCCCCCCCC. The predicted molar refractivity (Wildman–Crippen MR) is 463 cm³/mol. The van der Waals surface area contributed by atoms with Crippen LogP contribution in [0.2, 0.25) is 0 Å². The molecule has 0 bridgehead atoms. The van der Waals surface area contributed by atoms with Gasteiger partial charge in [-0.05, 0) is 97.1 Å². The highest BCUT2D eigenvalue weighted by atomic mass is 16.5. The average Bonchev–Trinajstić information content (AvgIpc) is 1.13. The maximum Gasteiger partial charge on any atom is 0.330 e. The van der Waals surface area contributed by atoms with Crippen LogP contribution in [0.1, 0.15) is 478 Å². The van der Waals surface area contributed by atoms with E-state index in [4.69, 9.17) is 14.2 Å². The van der Waals surface area contributed by atoms with E-state index in [0.29, 0.717) is 91.3 Å². The fourth-order valence-corrected chi connectivity index (χ4v) is 15.4. The number of nitrogens with zero attached hydrogens (tertiary/aromatic N) is 3. The van der Waals surface area contributed by atoms with E-state index in [1.807, 2.05) is 6.08 Å². The van der Waals surface area contributed by atoms with Crippen molar-refractivity contribution in [3.8, 4) is 0 Å². The van der Waals surface area contributed by atoms with Crippen molar-refractivity contribution in [1.82, 2.24) is 20.0 Å². The van der Waals surface area contributed by atoms with Gasteiger partial charge in [0.2, 0.25) is 0 Å². The molecule has 12 nitrogen and oxygen atoms in total. The third-order valence-electron chi connectivity index (χ3n) is 22.4. The minimum absolute atomic E-state index is 0.109. The van der Waals surface area contributed by atoms with Crippen LogP contribution in [0.3, 0.4) is 0 Å². The quantitative estimate of drug-likeness (QED) is 0.0231. The highest BCUT2D eigenvalue weighted by Gasteiger charge is 2.18. The molecule has 0 spiro atoms. The minimum atomic E-state index is -0.602. The second-order valence-electron chi connectivity index (χ2n) is 33.3. The first kappa shape index (κ1) is 105. The van der Waals surface area contributed by atoms with Crippen molar-refractivity contribution in [2.24, 2.45) is 0 Å². The molecule has 0 heterocycles. The van der Waals surface area contributed by atoms with Crippen LogP contribution in [0.4, 0.5) is 0 Å². The van der Waals surface area contributed by atoms with Gasteiger partial charge in [0, 0.05) is 51.6 Å². The van der Waals surface area contributed by atoms with Crippen molar-refractivity contribution in [3.05, 3.63) is 12.2 Å². The van der Waals surface area contributed by atoms with E-state index in [9.17, 15) is 24.6 Å². The maximum atomic E-state index is 13.1. The summed E-state index contributed by atoms with van der Waals surface area (Å²) < 4.78 is 17.0. The Hall–Kier alpha value is -2.09. The summed E-state index contributed by atoms with van der Waals surface area (Å²) in [7, 11) is 0. The van der Waals surface area contributed by atoms with Gasteiger partial charge in [0.05, 0.1) is 32.0 Å². The Balaban J connectivity index is 5.77. The molecule has 0 amide bonds. The molecule has 107 heavy (non-hydrogen) atoms. The number of nitrogens with one attached hydrogen (secondary N) is 1. The van der Waals surface area contributed by atoms with Gasteiger partial charge in [-0.15, -0.1) is 0 Å². The molecule has 0 saturated heterocycles. The Labute approximate surface area is 667 Å². The van der Waals surface area contributed by atoms with Crippen LogP contribution in [0.5, 0.6) is 0 Å². The number of rotatable bonds is 92. The average molecular weight is 1510 g/mol. The molecule has 0 aliphatic heterocycles. The fraction of sp³-hybridized carbons (Fsp3) is 0.947. The monoisotopic (exact) mass is 1510 g/mol. The van der Waals surface area contributed by atoms with Crippen LogP contribution < -0.4 is 5.32 Å². The molecular weight excluding hydrogens is 1330 g/mol. The highest BCUT2D eigenvalue weighted by Crippen LogP contribution is 2.20. The third kappa shape index (κ3) is 84.6. The second-order valence-corrected chi connectivity index (χ2v) is 33.3. The number of carbonyl (C=O) groups is 3. The number of esters is 3. The van der Waals surface area contributed by atoms with Crippen molar-refractivity contribution in [3.63, 3.8) is 0 Å². The number of aliphatic hydroxyl groups is 2. The summed E-state index contributed by atoms with van der Waals surface area (Å²) in [5.74, 6) is -0.568. The molecular formula is C95H188N4O8. The number of carbonyl (C=O) groups excluding carboxylic acids is 3. The molecule has 0 aromatic carbocycles. The van der Waals surface area contributed by atoms with Crippen LogP contribution in [0.25, 0.3) is 0 Å². The van der Waals surface area contributed by atoms with E-state index < -0.39 is 12.2 Å². The Kier molecular flexibility index (Phi) is 87.7. The van der Waals surface area contributed by atoms with E-state index in [0.717, 1.165) is 90.4 Å². The van der Waals surface area contributed by atoms with Crippen LogP contribution in [-0.4, -0.2) is 147 Å². The molecule has 636 valence electrons. The number of hydrogen-bond donors (Lipinski definition) is 3. The van der Waals surface area contributed by atoms with Crippen LogP contribution in [0.15, 0.2) is 12.2 Å². The molecule has 0 aromatic heterocycles. The van der Waals surface area contributed by atoms with E-state index in [1.165, 1.54) is 353 Å². The minimum Gasteiger partial charge on any atom is -0.466 e. The molecule has 12 heteroatoms. The van der Waals surface area contributed by atoms with Gasteiger partial charge in [0.1, 0.15) is 0 Å².